The van der Waals surface area contributed by atoms with Gasteiger partial charge in [-0.15, -0.1) is 0 Å². The summed E-state index contributed by atoms with van der Waals surface area (Å²) in [6.07, 6.45) is 3.12. The molecule has 0 unspecified atom stereocenters. The third-order valence-electron chi connectivity index (χ3n) is 6.48. The predicted molar refractivity (Wildman–Crippen MR) is 150 cm³/mol. The van der Waals surface area contributed by atoms with Crippen LogP contribution in [-0.2, 0) is 17.8 Å². The molecule has 7 nitrogen and oxygen atoms in total. The number of likely N-dealkylation sites (tertiary alicyclic amines) is 1. The Kier molecular flexibility index (Phi) is 10.5. The van der Waals surface area contributed by atoms with Crippen LogP contribution in [0.1, 0.15) is 30.9 Å². The minimum absolute atomic E-state index is 0. The van der Waals surface area contributed by atoms with Crippen LogP contribution >= 0.6 is 13.5 Å². The second-order valence-electron chi connectivity index (χ2n) is 9.14. The van der Waals surface area contributed by atoms with Gasteiger partial charge < -0.3 is 20.7 Å². The zero-order valence-electron chi connectivity index (χ0n) is 20.8. The van der Waals surface area contributed by atoms with Crippen molar-refractivity contribution in [3.8, 4) is 0 Å². The van der Waals surface area contributed by atoms with Crippen LogP contribution in [0.4, 0.5) is 16.3 Å². The van der Waals surface area contributed by atoms with E-state index in [4.69, 9.17) is 10.5 Å². The summed E-state index contributed by atoms with van der Waals surface area (Å²) in [5.74, 6) is 0.499. The highest BCUT2D eigenvalue weighted by Gasteiger charge is 2.25. The van der Waals surface area contributed by atoms with Gasteiger partial charge in [-0.3, -0.25) is 4.90 Å². The van der Waals surface area contributed by atoms with Gasteiger partial charge in [0.25, 0.3) is 0 Å². The number of nitrogens with zero attached hydrogens (tertiary/aromatic N) is 3. The summed E-state index contributed by atoms with van der Waals surface area (Å²) in [6.45, 7) is 5.37. The van der Waals surface area contributed by atoms with E-state index in [-0.39, 0.29) is 31.7 Å². The fourth-order valence-corrected chi connectivity index (χ4v) is 4.36. The van der Waals surface area contributed by atoms with Gasteiger partial charge in [0.05, 0.1) is 5.69 Å². The molecule has 1 aliphatic heterocycles. The number of rotatable bonds is 9. The summed E-state index contributed by atoms with van der Waals surface area (Å²) < 4.78 is 5.77. The summed E-state index contributed by atoms with van der Waals surface area (Å²) >= 11 is 0. The average Bonchev–Trinajstić information content (AvgIpc) is 2.90. The largest absolute Gasteiger partial charge is 0.448 e. The molecule has 2 heterocycles. The summed E-state index contributed by atoms with van der Waals surface area (Å²) in [5, 5.41) is 3.45. The van der Waals surface area contributed by atoms with Gasteiger partial charge in [0.2, 0.25) is 0 Å². The number of piperidine rings is 1. The number of amides is 1. The first-order valence-electron chi connectivity index (χ1n) is 12.3. The summed E-state index contributed by atoms with van der Waals surface area (Å²) in [4.78, 5) is 21.1. The maximum Gasteiger partial charge on any atom is 0.409 e. The van der Waals surface area contributed by atoms with Crippen molar-refractivity contribution in [2.45, 2.75) is 44.9 Å². The number of nitrogens with two attached hydrogens (primary N) is 1. The number of pyridine rings is 1. The van der Waals surface area contributed by atoms with Crippen LogP contribution in [0.5, 0.6) is 0 Å². The molecule has 4 rings (SSSR count). The molecule has 0 aliphatic carbocycles. The van der Waals surface area contributed by atoms with E-state index < -0.39 is 0 Å². The number of nitrogen functional groups attached to an aromatic ring is 1. The number of nitrogens with one attached hydrogen (secondary N) is 1. The molecule has 8 heteroatoms. The van der Waals surface area contributed by atoms with Crippen LogP contribution < -0.4 is 11.1 Å². The molecule has 0 spiro atoms. The standard InChI is InChI=1S/C28H35N5O2.H2S/c1-22(33(19-23-9-4-2-5-10-23)20-24-11-6-3-7-12-24)21-35-28(34)32-17-14-25(15-18-32)31-26-13-8-16-30-27(26)29;/h2-13,16,22,25,31H,14-15,17-21H2,1H3,(H2,29,30);1H2/t22-;/m0./s1. The second-order valence-corrected chi connectivity index (χ2v) is 9.14. The van der Waals surface area contributed by atoms with Gasteiger partial charge in [0.15, 0.2) is 0 Å². The molecule has 0 radical (unpaired) electrons. The van der Waals surface area contributed by atoms with Crippen LogP contribution in [-0.4, -0.2) is 52.7 Å². The van der Waals surface area contributed by atoms with Crippen LogP contribution in [0.15, 0.2) is 79.0 Å². The number of carbonyl (C=O) groups is 1. The van der Waals surface area contributed by atoms with E-state index in [1.165, 1.54) is 11.1 Å². The van der Waals surface area contributed by atoms with Crippen molar-refractivity contribution >= 4 is 31.1 Å². The van der Waals surface area contributed by atoms with Gasteiger partial charge in [-0.2, -0.15) is 13.5 Å². The Balaban J connectivity index is 0.00000361. The molecular formula is C28H37N5O2S. The fraction of sp³-hybridized carbons (Fsp3) is 0.357. The highest BCUT2D eigenvalue weighted by Crippen LogP contribution is 2.21. The molecular weight excluding hydrogens is 470 g/mol. The molecule has 1 saturated heterocycles. The normalized spacial score (nSPS) is 14.7. The molecule has 0 bridgehead atoms. The predicted octanol–water partition coefficient (Wildman–Crippen LogP) is 4.88. The van der Waals surface area contributed by atoms with Crippen molar-refractivity contribution in [3.63, 3.8) is 0 Å². The molecule has 1 aliphatic rings. The van der Waals surface area contributed by atoms with Crippen LogP contribution in [0.2, 0.25) is 0 Å². The molecule has 0 saturated carbocycles. The minimum atomic E-state index is -0.240. The Labute approximate surface area is 221 Å². The van der Waals surface area contributed by atoms with Crippen molar-refractivity contribution in [2.75, 3.05) is 30.7 Å². The molecule has 1 aromatic heterocycles. The monoisotopic (exact) mass is 507 g/mol. The Hall–Kier alpha value is -3.23. The number of benzene rings is 2. The number of hydrogen-bond acceptors (Lipinski definition) is 6. The van der Waals surface area contributed by atoms with Crippen LogP contribution in [0.3, 0.4) is 0 Å². The summed E-state index contributed by atoms with van der Waals surface area (Å²) in [6, 6.07) is 25.0. The van der Waals surface area contributed by atoms with E-state index in [2.05, 4.69) is 70.7 Å². The zero-order chi connectivity index (χ0) is 24.5. The molecule has 1 fully saturated rings. The number of hydrogen-bond donors (Lipinski definition) is 2. The van der Waals surface area contributed by atoms with E-state index in [9.17, 15) is 4.79 Å². The fourth-order valence-electron chi connectivity index (χ4n) is 4.36. The lowest BCUT2D eigenvalue weighted by molar-refractivity contribution is 0.0595. The lowest BCUT2D eigenvalue weighted by atomic mass is 10.1. The molecule has 2 aromatic carbocycles. The first-order valence-corrected chi connectivity index (χ1v) is 12.3. The van der Waals surface area contributed by atoms with E-state index in [0.717, 1.165) is 31.6 Å². The molecule has 36 heavy (non-hydrogen) atoms. The van der Waals surface area contributed by atoms with Crippen molar-refractivity contribution in [3.05, 3.63) is 90.1 Å². The van der Waals surface area contributed by atoms with E-state index in [1.54, 1.807) is 11.1 Å². The highest BCUT2D eigenvalue weighted by molar-refractivity contribution is 7.59. The lowest BCUT2D eigenvalue weighted by Gasteiger charge is -2.33. The third-order valence-corrected chi connectivity index (χ3v) is 6.48. The van der Waals surface area contributed by atoms with Crippen molar-refractivity contribution in [2.24, 2.45) is 0 Å². The van der Waals surface area contributed by atoms with Gasteiger partial charge in [0.1, 0.15) is 12.4 Å². The third kappa shape index (κ3) is 7.90. The maximum atomic E-state index is 12.8. The quantitative estimate of drug-likeness (QED) is 0.430. The number of ether oxygens (including phenoxy) is 1. The van der Waals surface area contributed by atoms with E-state index in [1.807, 2.05) is 24.3 Å². The van der Waals surface area contributed by atoms with Gasteiger partial charge in [0, 0.05) is 44.5 Å². The second kappa shape index (κ2) is 13.8. The Morgan fingerprint density at radius 2 is 1.61 bits per heavy atom. The Morgan fingerprint density at radius 1 is 1.03 bits per heavy atom. The summed E-state index contributed by atoms with van der Waals surface area (Å²) in [5.41, 5.74) is 9.27. The number of aromatic nitrogens is 1. The molecule has 3 N–H and O–H groups in total. The van der Waals surface area contributed by atoms with Gasteiger partial charge in [-0.25, -0.2) is 9.78 Å². The van der Waals surface area contributed by atoms with Crippen LogP contribution in [0, 0.1) is 0 Å². The molecule has 3 aromatic rings. The van der Waals surface area contributed by atoms with Crippen LogP contribution in [0.25, 0.3) is 0 Å². The number of carbonyl (C=O) groups excluding carboxylic acids is 1. The molecule has 192 valence electrons. The maximum absolute atomic E-state index is 12.8. The molecule has 1 amide bonds. The van der Waals surface area contributed by atoms with Crippen molar-refractivity contribution in [1.29, 1.82) is 0 Å². The van der Waals surface area contributed by atoms with Gasteiger partial charge in [-0.1, -0.05) is 60.7 Å². The molecule has 1 atom stereocenters. The van der Waals surface area contributed by atoms with Gasteiger partial charge >= 0.3 is 6.09 Å². The first-order chi connectivity index (χ1) is 17.1. The SMILES string of the molecule is C[C@@H](COC(=O)N1CCC(Nc2cccnc2N)CC1)N(Cc1ccccc1)Cc1ccccc1.S. The smallest absolute Gasteiger partial charge is 0.409 e. The van der Waals surface area contributed by atoms with Crippen molar-refractivity contribution in [1.82, 2.24) is 14.8 Å². The zero-order valence-corrected chi connectivity index (χ0v) is 21.8. The topological polar surface area (TPSA) is 83.7 Å². The average molecular weight is 508 g/mol. The van der Waals surface area contributed by atoms with E-state index in [0.29, 0.717) is 25.5 Å². The number of anilines is 2. The Bertz CT molecular complexity index is 1020. The first kappa shape index (κ1) is 27.4. The summed E-state index contributed by atoms with van der Waals surface area (Å²) in [7, 11) is 0. The Morgan fingerprint density at radius 3 is 2.17 bits per heavy atom. The van der Waals surface area contributed by atoms with Crippen molar-refractivity contribution < 1.29 is 9.53 Å². The van der Waals surface area contributed by atoms with Gasteiger partial charge in [-0.05, 0) is 43.0 Å². The highest BCUT2D eigenvalue weighted by atomic mass is 32.1. The minimum Gasteiger partial charge on any atom is -0.448 e. The lowest BCUT2D eigenvalue weighted by Crippen LogP contribution is -2.44. The van der Waals surface area contributed by atoms with E-state index >= 15 is 0 Å².